The average molecular weight is 355 g/mol. The quantitative estimate of drug-likeness (QED) is 0.671. The van der Waals surface area contributed by atoms with Crippen molar-refractivity contribution in [3.05, 3.63) is 69.6 Å². The van der Waals surface area contributed by atoms with Gasteiger partial charge in [-0.15, -0.1) is 11.3 Å². The first-order chi connectivity index (χ1) is 12.0. The first-order valence-corrected chi connectivity index (χ1v) is 9.05. The molecule has 0 aliphatic heterocycles. The third-order valence-corrected chi connectivity index (χ3v) is 4.85. The Morgan fingerprint density at radius 1 is 1.16 bits per heavy atom. The highest BCUT2D eigenvalue weighted by Gasteiger charge is 2.19. The molecule has 2 heterocycles. The molecule has 0 spiro atoms. The van der Waals surface area contributed by atoms with E-state index in [9.17, 15) is 4.79 Å². The van der Waals surface area contributed by atoms with Crippen molar-refractivity contribution in [3.8, 4) is 0 Å². The molecule has 0 bridgehead atoms. The molecule has 25 heavy (non-hydrogen) atoms. The normalized spacial score (nSPS) is 12.2. The molecule has 1 atom stereocenters. The molecule has 0 unspecified atom stereocenters. The number of thiophene rings is 1. The Morgan fingerprint density at radius 3 is 2.44 bits per heavy atom. The van der Waals surface area contributed by atoms with E-state index >= 15 is 0 Å². The molecule has 5 nitrogen and oxygen atoms in total. The number of nitrogens with zero attached hydrogens (tertiary/aromatic N) is 1. The predicted octanol–water partition coefficient (Wildman–Crippen LogP) is 5.08. The van der Waals surface area contributed by atoms with Crippen LogP contribution >= 0.6 is 11.3 Å². The molecule has 3 aromatic rings. The highest BCUT2D eigenvalue weighted by molar-refractivity contribution is 7.10. The Labute approximate surface area is 151 Å². The topological polar surface area (TPSA) is 67.2 Å². The highest BCUT2D eigenvalue weighted by atomic mass is 32.1. The van der Waals surface area contributed by atoms with Gasteiger partial charge in [0.05, 0.1) is 6.04 Å². The second-order valence-electron chi connectivity index (χ2n) is 6.19. The van der Waals surface area contributed by atoms with Gasteiger partial charge >= 0.3 is 6.03 Å². The molecule has 6 heteroatoms. The van der Waals surface area contributed by atoms with Gasteiger partial charge in [-0.25, -0.2) is 4.79 Å². The van der Waals surface area contributed by atoms with Crippen molar-refractivity contribution in [1.82, 2.24) is 10.5 Å². The maximum atomic E-state index is 12.4. The summed E-state index contributed by atoms with van der Waals surface area (Å²) in [7, 11) is 0. The number of carbonyl (C=O) groups excluding carboxylic acids is 1. The number of hydrogen-bond donors (Lipinski definition) is 2. The van der Waals surface area contributed by atoms with Crippen molar-refractivity contribution in [2.24, 2.45) is 0 Å². The van der Waals surface area contributed by atoms with E-state index in [0.717, 1.165) is 10.4 Å². The SMILES string of the molecule is Cc1cc(NC(=O)N[C@H](c2ccc(C(C)C)cc2)c2cccs2)no1. The second kappa shape index (κ2) is 7.53. The zero-order valence-electron chi connectivity index (χ0n) is 14.4. The molecule has 0 saturated carbocycles. The zero-order valence-corrected chi connectivity index (χ0v) is 15.3. The van der Waals surface area contributed by atoms with Crippen LogP contribution in [-0.2, 0) is 0 Å². The summed E-state index contributed by atoms with van der Waals surface area (Å²) in [5, 5.41) is 11.5. The van der Waals surface area contributed by atoms with E-state index in [1.165, 1.54) is 5.56 Å². The summed E-state index contributed by atoms with van der Waals surface area (Å²) in [4.78, 5) is 13.4. The van der Waals surface area contributed by atoms with Crippen LogP contribution in [0.1, 0.15) is 47.6 Å². The molecule has 2 aromatic heterocycles. The monoisotopic (exact) mass is 355 g/mol. The fourth-order valence-electron chi connectivity index (χ4n) is 2.56. The molecule has 0 aliphatic carbocycles. The maximum absolute atomic E-state index is 12.4. The lowest BCUT2D eigenvalue weighted by Crippen LogP contribution is -2.32. The molecule has 130 valence electrons. The van der Waals surface area contributed by atoms with Gasteiger partial charge in [-0.2, -0.15) is 0 Å². The van der Waals surface area contributed by atoms with Gasteiger partial charge in [0.15, 0.2) is 5.82 Å². The largest absolute Gasteiger partial charge is 0.360 e. The minimum Gasteiger partial charge on any atom is -0.360 e. The summed E-state index contributed by atoms with van der Waals surface area (Å²) < 4.78 is 4.97. The molecule has 2 N–H and O–H groups in total. The molecule has 3 rings (SSSR count). The number of carbonyl (C=O) groups is 1. The van der Waals surface area contributed by atoms with Crippen LogP contribution in [0.15, 0.2) is 52.4 Å². The minimum absolute atomic E-state index is 0.214. The Morgan fingerprint density at radius 2 is 1.88 bits per heavy atom. The summed E-state index contributed by atoms with van der Waals surface area (Å²) in [5.41, 5.74) is 2.31. The first kappa shape index (κ1) is 17.2. The molecule has 0 aliphatic rings. The Balaban J connectivity index is 1.79. The summed E-state index contributed by atoms with van der Waals surface area (Å²) in [6, 6.07) is 13.5. The number of aryl methyl sites for hydroxylation is 1. The fourth-order valence-corrected chi connectivity index (χ4v) is 3.36. The van der Waals surface area contributed by atoms with Gasteiger partial charge in [-0.1, -0.05) is 49.3 Å². The minimum atomic E-state index is -0.320. The lowest BCUT2D eigenvalue weighted by molar-refractivity contribution is 0.250. The van der Waals surface area contributed by atoms with E-state index < -0.39 is 0 Å². The van der Waals surface area contributed by atoms with Gasteiger partial charge in [0.25, 0.3) is 0 Å². The van der Waals surface area contributed by atoms with Crippen molar-refractivity contribution >= 4 is 23.2 Å². The Hall–Kier alpha value is -2.60. The van der Waals surface area contributed by atoms with Gasteiger partial charge in [0, 0.05) is 10.9 Å². The number of nitrogens with one attached hydrogen (secondary N) is 2. The van der Waals surface area contributed by atoms with Gasteiger partial charge in [0.2, 0.25) is 0 Å². The van der Waals surface area contributed by atoms with Gasteiger partial charge < -0.3 is 9.84 Å². The summed E-state index contributed by atoms with van der Waals surface area (Å²) in [5.74, 6) is 1.52. The smallest absolute Gasteiger partial charge is 0.321 e. The number of rotatable bonds is 5. The van der Waals surface area contributed by atoms with Crippen LogP contribution in [-0.4, -0.2) is 11.2 Å². The second-order valence-corrected chi connectivity index (χ2v) is 7.17. The van der Waals surface area contributed by atoms with Gasteiger partial charge in [0.1, 0.15) is 5.76 Å². The van der Waals surface area contributed by atoms with E-state index in [-0.39, 0.29) is 12.1 Å². The summed E-state index contributed by atoms with van der Waals surface area (Å²) >= 11 is 1.61. The van der Waals surface area contributed by atoms with Crippen molar-refractivity contribution < 1.29 is 9.32 Å². The molecular weight excluding hydrogens is 334 g/mol. The number of anilines is 1. The van der Waals surface area contributed by atoms with Crippen LogP contribution in [0.3, 0.4) is 0 Å². The standard InChI is InChI=1S/C19H21N3O2S/c1-12(2)14-6-8-15(9-7-14)18(16-5-4-10-25-16)21-19(23)20-17-11-13(3)24-22-17/h4-12,18H,1-3H3,(H2,20,21,22,23)/t18-/m1/s1. The van der Waals surface area contributed by atoms with E-state index in [1.54, 1.807) is 24.3 Å². The third-order valence-electron chi connectivity index (χ3n) is 3.91. The van der Waals surface area contributed by atoms with Crippen LogP contribution in [0, 0.1) is 6.92 Å². The van der Waals surface area contributed by atoms with Crippen molar-refractivity contribution in [1.29, 1.82) is 0 Å². The van der Waals surface area contributed by atoms with Gasteiger partial charge in [-0.3, -0.25) is 5.32 Å². The van der Waals surface area contributed by atoms with E-state index in [2.05, 4.69) is 53.9 Å². The third kappa shape index (κ3) is 4.28. The average Bonchev–Trinajstić information content (AvgIpc) is 3.25. The lowest BCUT2D eigenvalue weighted by atomic mass is 9.98. The predicted molar refractivity (Wildman–Crippen MR) is 100 cm³/mol. The van der Waals surface area contributed by atoms with Crippen molar-refractivity contribution in [3.63, 3.8) is 0 Å². The number of amides is 2. The fraction of sp³-hybridized carbons (Fsp3) is 0.263. The van der Waals surface area contributed by atoms with E-state index in [4.69, 9.17) is 4.52 Å². The lowest BCUT2D eigenvalue weighted by Gasteiger charge is -2.19. The van der Waals surface area contributed by atoms with Crippen LogP contribution in [0.4, 0.5) is 10.6 Å². The van der Waals surface area contributed by atoms with Gasteiger partial charge in [-0.05, 0) is 35.4 Å². The highest BCUT2D eigenvalue weighted by Crippen LogP contribution is 2.27. The van der Waals surface area contributed by atoms with Crippen molar-refractivity contribution in [2.45, 2.75) is 32.7 Å². The van der Waals surface area contributed by atoms with Crippen LogP contribution in [0.5, 0.6) is 0 Å². The molecule has 0 saturated heterocycles. The summed E-state index contributed by atoms with van der Waals surface area (Å²) in [6.45, 7) is 6.11. The number of urea groups is 1. The van der Waals surface area contributed by atoms with E-state index in [0.29, 0.717) is 17.5 Å². The van der Waals surface area contributed by atoms with Crippen LogP contribution in [0.25, 0.3) is 0 Å². The Kier molecular flexibility index (Phi) is 5.19. The van der Waals surface area contributed by atoms with E-state index in [1.807, 2.05) is 17.5 Å². The summed E-state index contributed by atoms with van der Waals surface area (Å²) in [6.07, 6.45) is 0. The Bertz CT molecular complexity index is 823. The van der Waals surface area contributed by atoms with Crippen LogP contribution < -0.4 is 10.6 Å². The molecule has 0 fully saturated rings. The molecule has 2 amide bonds. The number of aromatic nitrogens is 1. The first-order valence-electron chi connectivity index (χ1n) is 8.17. The number of hydrogen-bond acceptors (Lipinski definition) is 4. The molecule has 0 radical (unpaired) electrons. The van der Waals surface area contributed by atoms with Crippen molar-refractivity contribution in [2.75, 3.05) is 5.32 Å². The maximum Gasteiger partial charge on any atom is 0.321 e. The van der Waals surface area contributed by atoms with Crippen LogP contribution in [0.2, 0.25) is 0 Å². The number of benzene rings is 1. The molecular formula is C19H21N3O2S. The molecule has 1 aromatic carbocycles. The zero-order chi connectivity index (χ0) is 17.8.